The van der Waals surface area contributed by atoms with E-state index in [1.165, 1.54) is 29.8 Å². The van der Waals surface area contributed by atoms with E-state index in [2.05, 4.69) is 0 Å². The van der Waals surface area contributed by atoms with E-state index in [0.717, 1.165) is 13.0 Å². The molecule has 1 saturated heterocycles. The first-order valence-corrected chi connectivity index (χ1v) is 6.74. The molecule has 106 valence electrons. The van der Waals surface area contributed by atoms with Crippen LogP contribution in [0.25, 0.3) is 0 Å². The fraction of sp³-hybridized carbons (Fsp3) is 0.188. The largest absolute Gasteiger partial charge is 0.331 e. The van der Waals surface area contributed by atoms with E-state index < -0.39 is 4.92 Å². The predicted molar refractivity (Wildman–Crippen MR) is 78.1 cm³/mol. The Morgan fingerprint density at radius 2 is 1.81 bits per heavy atom. The van der Waals surface area contributed by atoms with E-state index in [-0.39, 0.29) is 17.6 Å². The van der Waals surface area contributed by atoms with Crippen LogP contribution < -0.4 is 0 Å². The number of rotatable bonds is 4. The van der Waals surface area contributed by atoms with Crippen LogP contribution >= 0.6 is 0 Å². The zero-order valence-electron chi connectivity index (χ0n) is 11.3. The monoisotopic (exact) mass is 282 g/mol. The van der Waals surface area contributed by atoms with Crippen molar-refractivity contribution in [2.24, 2.45) is 0 Å². The summed E-state index contributed by atoms with van der Waals surface area (Å²) in [5.74, 6) is -0.0640. The normalized spacial score (nSPS) is 16.6. The highest BCUT2D eigenvalue weighted by Crippen LogP contribution is 2.25. The molecule has 1 atom stereocenters. The average molecular weight is 282 g/mol. The van der Waals surface area contributed by atoms with Gasteiger partial charge in [-0.3, -0.25) is 14.9 Å². The Morgan fingerprint density at radius 3 is 2.43 bits per heavy atom. The second-order valence-corrected chi connectivity index (χ2v) is 5.11. The second kappa shape index (κ2) is 5.36. The molecular formula is C16H14N2O3. The molecule has 5 nitrogen and oxygen atoms in total. The van der Waals surface area contributed by atoms with Gasteiger partial charge in [-0.15, -0.1) is 0 Å². The van der Waals surface area contributed by atoms with Crippen LogP contribution in [0.4, 0.5) is 5.69 Å². The van der Waals surface area contributed by atoms with Crippen molar-refractivity contribution in [3.05, 3.63) is 75.8 Å². The van der Waals surface area contributed by atoms with Gasteiger partial charge in [0.1, 0.15) is 0 Å². The maximum absolute atomic E-state index is 12.2. The maximum Gasteiger partial charge on any atom is 0.269 e. The van der Waals surface area contributed by atoms with Gasteiger partial charge >= 0.3 is 0 Å². The molecule has 21 heavy (non-hydrogen) atoms. The summed E-state index contributed by atoms with van der Waals surface area (Å²) in [7, 11) is 0. The molecule has 0 unspecified atom stereocenters. The van der Waals surface area contributed by atoms with Gasteiger partial charge in [0, 0.05) is 24.2 Å². The highest BCUT2D eigenvalue weighted by atomic mass is 16.6. The minimum absolute atomic E-state index is 0.00168. The van der Waals surface area contributed by atoms with Crippen molar-refractivity contribution >= 4 is 11.6 Å². The Balaban J connectivity index is 1.63. The molecule has 5 heteroatoms. The summed E-state index contributed by atoms with van der Waals surface area (Å²) in [4.78, 5) is 24.2. The van der Waals surface area contributed by atoms with Crippen molar-refractivity contribution in [3.63, 3.8) is 0 Å². The third-order valence-electron chi connectivity index (χ3n) is 3.61. The number of hydrogen-bond acceptors (Lipinski definition) is 3. The number of carbonyl (C=O) groups excluding carboxylic acids is 1. The fourth-order valence-electron chi connectivity index (χ4n) is 2.38. The molecule has 0 saturated carbocycles. The molecule has 0 spiro atoms. The van der Waals surface area contributed by atoms with Gasteiger partial charge in [0.2, 0.25) is 0 Å². The molecule has 0 aliphatic carbocycles. The van der Waals surface area contributed by atoms with Gasteiger partial charge in [-0.1, -0.05) is 30.3 Å². The van der Waals surface area contributed by atoms with Gasteiger partial charge < -0.3 is 4.90 Å². The maximum atomic E-state index is 12.2. The zero-order valence-corrected chi connectivity index (χ0v) is 11.3. The first-order chi connectivity index (χ1) is 10.1. The number of non-ortho nitro benzene ring substituents is 1. The van der Waals surface area contributed by atoms with Gasteiger partial charge in [-0.05, 0) is 24.1 Å². The number of hydrogen-bond donors (Lipinski definition) is 0. The molecular weight excluding hydrogens is 268 g/mol. The number of nitro groups is 1. The molecule has 0 bridgehead atoms. The molecule has 3 rings (SSSR count). The average Bonchev–Trinajstić information content (AvgIpc) is 3.27. The van der Waals surface area contributed by atoms with Gasteiger partial charge in [0.05, 0.1) is 11.0 Å². The molecule has 0 aromatic heterocycles. The topological polar surface area (TPSA) is 63.2 Å². The quantitative estimate of drug-likeness (QED) is 0.492. The Hall–Kier alpha value is -2.69. The Bertz CT molecular complexity index is 668. The SMILES string of the molecule is O=C(c1ccc([N+](=O)[O-])cc1)N1C[C@@H]1Cc1ccccc1. The van der Waals surface area contributed by atoms with Crippen molar-refractivity contribution in [3.8, 4) is 0 Å². The van der Waals surface area contributed by atoms with Gasteiger partial charge in [0.15, 0.2) is 0 Å². The Kier molecular flexibility index (Phi) is 3.39. The van der Waals surface area contributed by atoms with E-state index in [4.69, 9.17) is 0 Å². The number of nitro benzene ring substituents is 1. The second-order valence-electron chi connectivity index (χ2n) is 5.11. The van der Waals surface area contributed by atoms with E-state index in [1.54, 1.807) is 4.90 Å². The Labute approximate surface area is 122 Å². The smallest absolute Gasteiger partial charge is 0.269 e. The van der Waals surface area contributed by atoms with E-state index in [9.17, 15) is 14.9 Å². The summed E-state index contributed by atoms with van der Waals surface area (Å²) in [5, 5.41) is 10.6. The molecule has 1 fully saturated rings. The van der Waals surface area contributed by atoms with E-state index in [1.807, 2.05) is 30.3 Å². The summed E-state index contributed by atoms with van der Waals surface area (Å²) in [6.07, 6.45) is 0.847. The predicted octanol–water partition coefficient (Wildman–Crippen LogP) is 2.66. The molecule has 1 aliphatic rings. The lowest BCUT2D eigenvalue weighted by molar-refractivity contribution is -0.384. The molecule has 2 aromatic rings. The minimum Gasteiger partial charge on any atom is -0.331 e. The third kappa shape index (κ3) is 2.91. The summed E-state index contributed by atoms with van der Waals surface area (Å²) in [6, 6.07) is 16.0. The van der Waals surface area contributed by atoms with Crippen molar-refractivity contribution in [1.29, 1.82) is 0 Å². The van der Waals surface area contributed by atoms with Crippen LogP contribution in [0.5, 0.6) is 0 Å². The lowest BCUT2D eigenvalue weighted by Gasteiger charge is -2.04. The van der Waals surface area contributed by atoms with Crippen LogP contribution in [0, 0.1) is 10.1 Å². The van der Waals surface area contributed by atoms with E-state index >= 15 is 0 Å². The minimum atomic E-state index is -0.468. The summed E-state index contributed by atoms with van der Waals surface area (Å²) in [6.45, 7) is 0.741. The standard InChI is InChI=1S/C16H14N2O3/c19-16(13-6-8-14(9-7-13)18(20)21)17-11-15(17)10-12-4-2-1-3-5-12/h1-9,15H,10-11H2/t15-,17?/m0/s1. The lowest BCUT2D eigenvalue weighted by Crippen LogP contribution is -2.14. The van der Waals surface area contributed by atoms with Crippen LogP contribution in [-0.4, -0.2) is 28.3 Å². The first-order valence-electron chi connectivity index (χ1n) is 6.74. The number of benzene rings is 2. The zero-order chi connectivity index (χ0) is 14.8. The van der Waals surface area contributed by atoms with Gasteiger partial charge in [0.25, 0.3) is 11.6 Å². The highest BCUT2D eigenvalue weighted by Gasteiger charge is 2.38. The number of nitrogens with zero attached hydrogens (tertiary/aromatic N) is 2. The van der Waals surface area contributed by atoms with E-state index in [0.29, 0.717) is 5.56 Å². The van der Waals surface area contributed by atoms with Crippen molar-refractivity contribution in [1.82, 2.24) is 4.90 Å². The molecule has 2 aromatic carbocycles. The Morgan fingerprint density at radius 1 is 1.14 bits per heavy atom. The van der Waals surface area contributed by atoms with Crippen LogP contribution in [0.1, 0.15) is 15.9 Å². The van der Waals surface area contributed by atoms with Crippen LogP contribution in [-0.2, 0) is 6.42 Å². The molecule has 0 N–H and O–H groups in total. The van der Waals surface area contributed by atoms with Crippen LogP contribution in [0.3, 0.4) is 0 Å². The summed E-state index contributed by atoms with van der Waals surface area (Å²) in [5.41, 5.74) is 1.70. The van der Waals surface area contributed by atoms with Crippen molar-refractivity contribution in [2.45, 2.75) is 12.5 Å². The number of amides is 1. The first kappa shape index (κ1) is 13.3. The molecule has 1 amide bonds. The van der Waals surface area contributed by atoms with Crippen LogP contribution in [0.2, 0.25) is 0 Å². The number of carbonyl (C=O) groups is 1. The molecule has 0 radical (unpaired) electrons. The molecule has 1 heterocycles. The third-order valence-corrected chi connectivity index (χ3v) is 3.61. The lowest BCUT2D eigenvalue weighted by atomic mass is 10.1. The summed E-state index contributed by atoms with van der Waals surface area (Å²) >= 11 is 0. The van der Waals surface area contributed by atoms with Crippen molar-refractivity contribution < 1.29 is 9.72 Å². The van der Waals surface area contributed by atoms with Gasteiger partial charge in [-0.25, -0.2) is 0 Å². The van der Waals surface area contributed by atoms with Gasteiger partial charge in [-0.2, -0.15) is 0 Å². The fourth-order valence-corrected chi connectivity index (χ4v) is 2.38. The van der Waals surface area contributed by atoms with Crippen LogP contribution in [0.15, 0.2) is 54.6 Å². The highest BCUT2D eigenvalue weighted by molar-refractivity contribution is 5.96. The summed E-state index contributed by atoms with van der Waals surface area (Å²) < 4.78 is 0. The van der Waals surface area contributed by atoms with Crippen molar-refractivity contribution in [2.75, 3.05) is 6.54 Å². The molecule has 1 aliphatic heterocycles.